The SMILES string of the molecule is F/C(=C(/Sc1ccccc1)c1ccccc1)C(F)(F)F. The van der Waals surface area contributed by atoms with Gasteiger partial charge in [0, 0.05) is 4.90 Å². The highest BCUT2D eigenvalue weighted by Gasteiger charge is 2.38. The van der Waals surface area contributed by atoms with Gasteiger partial charge in [0.1, 0.15) is 0 Å². The normalized spacial score (nSPS) is 13.0. The third-order valence-electron chi connectivity index (χ3n) is 2.45. The van der Waals surface area contributed by atoms with E-state index in [0.29, 0.717) is 4.90 Å². The van der Waals surface area contributed by atoms with Crippen LogP contribution in [0.3, 0.4) is 0 Å². The van der Waals surface area contributed by atoms with E-state index in [2.05, 4.69) is 0 Å². The molecule has 0 aliphatic carbocycles. The molecule has 0 atom stereocenters. The number of allylic oxidation sites excluding steroid dienone is 1. The lowest BCUT2D eigenvalue weighted by Crippen LogP contribution is -2.09. The molecule has 0 spiro atoms. The average molecular weight is 298 g/mol. The van der Waals surface area contributed by atoms with Gasteiger partial charge in [-0.25, -0.2) is 4.39 Å². The van der Waals surface area contributed by atoms with Gasteiger partial charge in [-0.05, 0) is 17.7 Å². The minimum absolute atomic E-state index is 0.205. The topological polar surface area (TPSA) is 0 Å². The molecule has 5 heteroatoms. The molecule has 0 amide bonds. The minimum Gasteiger partial charge on any atom is -0.200 e. The highest BCUT2D eigenvalue weighted by Crippen LogP contribution is 2.42. The second kappa shape index (κ2) is 6.13. The van der Waals surface area contributed by atoms with E-state index in [1.807, 2.05) is 0 Å². The van der Waals surface area contributed by atoms with Crippen LogP contribution in [-0.4, -0.2) is 6.18 Å². The van der Waals surface area contributed by atoms with Gasteiger partial charge in [0.05, 0.1) is 4.91 Å². The van der Waals surface area contributed by atoms with Crippen LogP contribution in [0.15, 0.2) is 71.4 Å². The zero-order valence-electron chi connectivity index (χ0n) is 10.2. The molecule has 2 aromatic carbocycles. The summed E-state index contributed by atoms with van der Waals surface area (Å²) in [6, 6.07) is 16.1. The molecule has 0 saturated carbocycles. The lowest BCUT2D eigenvalue weighted by atomic mass is 10.2. The molecule has 0 fully saturated rings. The maximum atomic E-state index is 13.7. The summed E-state index contributed by atoms with van der Waals surface area (Å²) in [7, 11) is 0. The van der Waals surface area contributed by atoms with E-state index in [1.165, 1.54) is 12.1 Å². The Hall–Kier alpha value is -1.75. The van der Waals surface area contributed by atoms with Crippen LogP contribution in [0.2, 0.25) is 0 Å². The van der Waals surface area contributed by atoms with E-state index < -0.39 is 16.9 Å². The molecule has 0 bridgehead atoms. The zero-order chi connectivity index (χ0) is 14.6. The molecule has 0 heterocycles. The first-order chi connectivity index (χ1) is 9.48. The predicted molar refractivity (Wildman–Crippen MR) is 72.8 cm³/mol. The molecule has 2 rings (SSSR count). The van der Waals surface area contributed by atoms with Gasteiger partial charge >= 0.3 is 6.18 Å². The summed E-state index contributed by atoms with van der Waals surface area (Å²) in [5.41, 5.74) is 0.205. The Bertz CT molecular complexity index is 588. The summed E-state index contributed by atoms with van der Waals surface area (Å²) in [6.45, 7) is 0. The number of benzene rings is 2. The molecular formula is C15H10F4S. The summed E-state index contributed by atoms with van der Waals surface area (Å²) < 4.78 is 51.6. The lowest BCUT2D eigenvalue weighted by molar-refractivity contribution is -0.107. The van der Waals surface area contributed by atoms with Gasteiger partial charge in [0.15, 0.2) is 0 Å². The molecule has 20 heavy (non-hydrogen) atoms. The predicted octanol–water partition coefficient (Wildman–Crippen LogP) is 5.68. The summed E-state index contributed by atoms with van der Waals surface area (Å²) >= 11 is 0.761. The fourth-order valence-corrected chi connectivity index (χ4v) is 2.54. The molecule has 0 aliphatic heterocycles. The minimum atomic E-state index is -4.99. The zero-order valence-corrected chi connectivity index (χ0v) is 11.0. The van der Waals surface area contributed by atoms with Crippen molar-refractivity contribution in [3.05, 3.63) is 72.1 Å². The number of hydrogen-bond acceptors (Lipinski definition) is 1. The van der Waals surface area contributed by atoms with Gasteiger partial charge in [0.2, 0.25) is 5.83 Å². The smallest absolute Gasteiger partial charge is 0.200 e. The summed E-state index contributed by atoms with van der Waals surface area (Å²) in [6.07, 6.45) is -4.99. The average Bonchev–Trinajstić information content (AvgIpc) is 2.45. The highest BCUT2D eigenvalue weighted by atomic mass is 32.2. The monoisotopic (exact) mass is 298 g/mol. The van der Waals surface area contributed by atoms with Crippen molar-refractivity contribution in [3.63, 3.8) is 0 Å². The van der Waals surface area contributed by atoms with E-state index >= 15 is 0 Å². The Balaban J connectivity index is 2.46. The van der Waals surface area contributed by atoms with Gasteiger partial charge in [-0.1, -0.05) is 60.3 Å². The summed E-state index contributed by atoms with van der Waals surface area (Å²) in [5.74, 6) is -2.07. The van der Waals surface area contributed by atoms with Gasteiger partial charge in [-0.15, -0.1) is 0 Å². The summed E-state index contributed by atoms with van der Waals surface area (Å²) in [4.78, 5) is 0.120. The van der Waals surface area contributed by atoms with Gasteiger partial charge in [0.25, 0.3) is 0 Å². The first-order valence-electron chi connectivity index (χ1n) is 5.74. The van der Waals surface area contributed by atoms with E-state index in [0.717, 1.165) is 11.8 Å². The van der Waals surface area contributed by atoms with Crippen molar-refractivity contribution in [1.29, 1.82) is 0 Å². The van der Waals surface area contributed by atoms with Crippen molar-refractivity contribution >= 4 is 16.7 Å². The van der Waals surface area contributed by atoms with Crippen LogP contribution < -0.4 is 0 Å². The van der Waals surface area contributed by atoms with E-state index in [-0.39, 0.29) is 5.56 Å². The van der Waals surface area contributed by atoms with E-state index in [1.54, 1.807) is 48.5 Å². The van der Waals surface area contributed by atoms with Crippen molar-refractivity contribution in [1.82, 2.24) is 0 Å². The number of thioether (sulfide) groups is 1. The second-order valence-corrected chi connectivity index (χ2v) is 5.01. The van der Waals surface area contributed by atoms with Crippen LogP contribution in [0.4, 0.5) is 17.6 Å². The fraction of sp³-hybridized carbons (Fsp3) is 0.0667. The Kier molecular flexibility index (Phi) is 4.49. The largest absolute Gasteiger partial charge is 0.444 e. The molecule has 2 aromatic rings. The molecule has 0 aliphatic rings. The third kappa shape index (κ3) is 3.63. The Morgan fingerprint density at radius 2 is 1.30 bits per heavy atom. The molecule has 0 saturated heterocycles. The van der Waals surface area contributed by atoms with Gasteiger partial charge < -0.3 is 0 Å². The van der Waals surface area contributed by atoms with Crippen molar-refractivity contribution in [2.24, 2.45) is 0 Å². The van der Waals surface area contributed by atoms with Crippen molar-refractivity contribution in [2.75, 3.05) is 0 Å². The molecular weight excluding hydrogens is 288 g/mol. The maximum Gasteiger partial charge on any atom is 0.444 e. The highest BCUT2D eigenvalue weighted by molar-refractivity contribution is 8.08. The molecule has 0 unspecified atom stereocenters. The van der Waals surface area contributed by atoms with Crippen molar-refractivity contribution < 1.29 is 17.6 Å². The van der Waals surface area contributed by atoms with Crippen LogP contribution in [-0.2, 0) is 0 Å². The number of rotatable bonds is 3. The first-order valence-corrected chi connectivity index (χ1v) is 6.55. The molecule has 0 nitrogen and oxygen atoms in total. The van der Waals surface area contributed by atoms with Crippen LogP contribution in [0.1, 0.15) is 5.56 Å². The first kappa shape index (κ1) is 14.7. The van der Waals surface area contributed by atoms with E-state index in [9.17, 15) is 17.6 Å². The quantitative estimate of drug-likeness (QED) is 0.519. The van der Waals surface area contributed by atoms with Crippen LogP contribution >= 0.6 is 11.8 Å². The summed E-state index contributed by atoms with van der Waals surface area (Å²) in [5, 5.41) is 0. The Morgan fingerprint density at radius 3 is 1.80 bits per heavy atom. The lowest BCUT2D eigenvalue weighted by Gasteiger charge is -2.12. The molecule has 0 N–H and O–H groups in total. The Labute approximate surface area is 118 Å². The molecule has 104 valence electrons. The fourth-order valence-electron chi connectivity index (χ4n) is 1.56. The maximum absolute atomic E-state index is 13.7. The van der Waals surface area contributed by atoms with E-state index in [4.69, 9.17) is 0 Å². The van der Waals surface area contributed by atoms with Crippen LogP contribution in [0.5, 0.6) is 0 Å². The molecule has 0 aromatic heterocycles. The Morgan fingerprint density at radius 1 is 0.800 bits per heavy atom. The van der Waals surface area contributed by atoms with Crippen molar-refractivity contribution in [2.45, 2.75) is 11.1 Å². The number of hydrogen-bond donors (Lipinski definition) is 0. The van der Waals surface area contributed by atoms with Crippen LogP contribution in [0, 0.1) is 0 Å². The van der Waals surface area contributed by atoms with Crippen LogP contribution in [0.25, 0.3) is 4.91 Å². The number of alkyl halides is 3. The number of halogens is 4. The second-order valence-electron chi connectivity index (χ2n) is 3.92. The van der Waals surface area contributed by atoms with Gasteiger partial charge in [-0.3, -0.25) is 0 Å². The third-order valence-corrected chi connectivity index (χ3v) is 3.57. The molecule has 0 radical (unpaired) electrons. The standard InChI is InChI=1S/C15H10F4S/c16-14(15(17,18)19)13(11-7-3-1-4-8-11)20-12-9-5-2-6-10-12/h1-10H/b14-13+. The van der Waals surface area contributed by atoms with Crippen molar-refractivity contribution in [3.8, 4) is 0 Å². The van der Waals surface area contributed by atoms with Gasteiger partial charge in [-0.2, -0.15) is 13.2 Å².